The van der Waals surface area contributed by atoms with Crippen LogP contribution in [0.5, 0.6) is 0 Å². The molecule has 2 amide bonds. The number of benzene rings is 2. The van der Waals surface area contributed by atoms with E-state index in [9.17, 15) is 23.1 Å². The van der Waals surface area contributed by atoms with Gasteiger partial charge in [0.15, 0.2) is 0 Å². The molecule has 1 fully saturated rings. The number of amides is 2. The Bertz CT molecular complexity index is 969. The number of carbonyl (C=O) groups excluding carboxylic acids is 1. The second-order valence-electron chi connectivity index (χ2n) is 7.56. The Morgan fingerprint density at radius 3 is 2.63 bits per heavy atom. The molecule has 2 aromatic rings. The van der Waals surface area contributed by atoms with Gasteiger partial charge in [-0.1, -0.05) is 30.3 Å². The zero-order valence-corrected chi connectivity index (χ0v) is 16.1. The molecule has 5 nitrogen and oxygen atoms in total. The van der Waals surface area contributed by atoms with Gasteiger partial charge in [0.1, 0.15) is 23.3 Å². The summed E-state index contributed by atoms with van der Waals surface area (Å²) in [6.07, 6.45) is 0.351. The Kier molecular flexibility index (Phi) is 5.53. The lowest BCUT2D eigenvalue weighted by molar-refractivity contribution is 0.101. The predicted octanol–water partition coefficient (Wildman–Crippen LogP) is 2.57. The first-order valence-electron chi connectivity index (χ1n) is 9.71. The molecule has 0 radical (unpaired) electrons. The molecule has 2 heterocycles. The van der Waals surface area contributed by atoms with Crippen molar-refractivity contribution >= 4 is 11.6 Å². The normalized spacial score (nSPS) is 26.0. The van der Waals surface area contributed by atoms with Crippen molar-refractivity contribution in [3.05, 3.63) is 77.4 Å². The van der Waals surface area contributed by atoms with Crippen molar-refractivity contribution in [1.29, 1.82) is 0 Å². The summed E-state index contributed by atoms with van der Waals surface area (Å²) in [6, 6.07) is 10.6. The van der Waals surface area contributed by atoms with Crippen molar-refractivity contribution in [1.82, 2.24) is 15.5 Å². The quantitative estimate of drug-likeness (QED) is 0.717. The highest BCUT2D eigenvalue weighted by molar-refractivity contribution is 5.83. The van der Waals surface area contributed by atoms with Gasteiger partial charge in [0.2, 0.25) is 0 Å². The fourth-order valence-corrected chi connectivity index (χ4v) is 4.10. The number of hydrogen-bond donors (Lipinski definition) is 3. The smallest absolute Gasteiger partial charge is 0.319 e. The summed E-state index contributed by atoms with van der Waals surface area (Å²) in [7, 11) is 0. The number of nitrogens with zero attached hydrogens (tertiary/aromatic N) is 1. The minimum Gasteiger partial charge on any atom is -0.393 e. The standard InChI is InChI=1S/C22H22F3N3O2/c23-16-6-7-18(24)17(8-16)14-9-22(13-29,15-4-2-1-3-5-15)28(12-14)21(30)27-20-11-26-10-19(20)25/h1-9,19-20,26,29H,10-13H2,(H,27,30)/t19-,20-,22-/m1/s1. The second kappa shape index (κ2) is 8.12. The average Bonchev–Trinajstić information content (AvgIpc) is 3.35. The summed E-state index contributed by atoms with van der Waals surface area (Å²) in [5.74, 6) is -1.24. The van der Waals surface area contributed by atoms with Gasteiger partial charge in [0.25, 0.3) is 0 Å². The number of rotatable bonds is 4. The lowest BCUT2D eigenvalue weighted by Crippen LogP contribution is -2.55. The maximum absolute atomic E-state index is 14.4. The van der Waals surface area contributed by atoms with Crippen LogP contribution < -0.4 is 10.6 Å². The van der Waals surface area contributed by atoms with Gasteiger partial charge < -0.3 is 20.6 Å². The number of aliphatic hydroxyl groups is 1. The summed E-state index contributed by atoms with van der Waals surface area (Å²) in [5, 5.41) is 15.9. The van der Waals surface area contributed by atoms with Gasteiger partial charge in [-0.15, -0.1) is 0 Å². The van der Waals surface area contributed by atoms with E-state index in [-0.39, 0.29) is 25.2 Å². The number of urea groups is 1. The highest BCUT2D eigenvalue weighted by Crippen LogP contribution is 2.40. The van der Waals surface area contributed by atoms with Crippen molar-refractivity contribution < 1.29 is 23.1 Å². The second-order valence-corrected chi connectivity index (χ2v) is 7.56. The van der Waals surface area contributed by atoms with Crippen molar-refractivity contribution in [3.63, 3.8) is 0 Å². The number of carbonyl (C=O) groups is 1. The van der Waals surface area contributed by atoms with Crippen molar-refractivity contribution in [2.24, 2.45) is 0 Å². The molecule has 8 heteroatoms. The van der Waals surface area contributed by atoms with Gasteiger partial charge in [-0.2, -0.15) is 0 Å². The highest BCUT2D eigenvalue weighted by atomic mass is 19.1. The van der Waals surface area contributed by atoms with Crippen LogP contribution >= 0.6 is 0 Å². The molecule has 30 heavy (non-hydrogen) atoms. The molecule has 3 N–H and O–H groups in total. The predicted molar refractivity (Wildman–Crippen MR) is 106 cm³/mol. The maximum atomic E-state index is 14.4. The fourth-order valence-electron chi connectivity index (χ4n) is 4.10. The zero-order valence-electron chi connectivity index (χ0n) is 16.1. The van der Waals surface area contributed by atoms with E-state index < -0.39 is 42.0 Å². The van der Waals surface area contributed by atoms with Crippen LogP contribution in [0.1, 0.15) is 11.1 Å². The van der Waals surface area contributed by atoms with E-state index in [0.717, 1.165) is 18.2 Å². The fraction of sp³-hybridized carbons (Fsp3) is 0.318. The Balaban J connectivity index is 1.75. The molecule has 3 atom stereocenters. The van der Waals surface area contributed by atoms with Gasteiger partial charge >= 0.3 is 6.03 Å². The van der Waals surface area contributed by atoms with Gasteiger partial charge in [-0.05, 0) is 35.4 Å². The topological polar surface area (TPSA) is 64.6 Å². The van der Waals surface area contributed by atoms with Crippen molar-refractivity contribution in [3.8, 4) is 0 Å². The van der Waals surface area contributed by atoms with Crippen LogP contribution in [0.25, 0.3) is 5.57 Å². The molecule has 2 aliphatic rings. The Morgan fingerprint density at radius 2 is 1.97 bits per heavy atom. The molecule has 2 aromatic carbocycles. The van der Waals surface area contributed by atoms with Crippen LogP contribution in [0, 0.1) is 11.6 Å². The number of aliphatic hydroxyl groups excluding tert-OH is 1. The summed E-state index contributed by atoms with van der Waals surface area (Å²) in [5.41, 5.74) is -0.306. The van der Waals surface area contributed by atoms with E-state index in [2.05, 4.69) is 10.6 Å². The first-order chi connectivity index (χ1) is 14.4. The number of halogens is 3. The third-order valence-electron chi connectivity index (χ3n) is 5.71. The largest absolute Gasteiger partial charge is 0.393 e. The molecule has 4 rings (SSSR count). The third-order valence-corrected chi connectivity index (χ3v) is 5.71. The molecule has 0 spiro atoms. The molecule has 158 valence electrons. The Hall–Kier alpha value is -2.84. The first kappa shape index (κ1) is 20.4. The monoisotopic (exact) mass is 417 g/mol. The van der Waals surface area contributed by atoms with Gasteiger partial charge in [0, 0.05) is 25.2 Å². The lowest BCUT2D eigenvalue weighted by atomic mass is 9.89. The molecule has 0 saturated carbocycles. The van der Waals surface area contributed by atoms with Crippen LogP contribution in [-0.2, 0) is 5.54 Å². The molecular formula is C22H22F3N3O2. The molecule has 1 saturated heterocycles. The molecule has 0 bridgehead atoms. The minimum absolute atomic E-state index is 0.0185. The van der Waals surface area contributed by atoms with E-state index in [1.807, 2.05) is 0 Å². The summed E-state index contributed by atoms with van der Waals surface area (Å²) < 4.78 is 42.2. The van der Waals surface area contributed by atoms with Crippen molar-refractivity contribution in [2.45, 2.75) is 17.8 Å². The first-order valence-corrected chi connectivity index (χ1v) is 9.71. The molecule has 0 aromatic heterocycles. The molecule has 2 aliphatic heterocycles. The van der Waals surface area contributed by atoms with Gasteiger partial charge in [0.05, 0.1) is 12.6 Å². The summed E-state index contributed by atoms with van der Waals surface area (Å²) >= 11 is 0. The van der Waals surface area contributed by atoms with Crippen LogP contribution in [0.3, 0.4) is 0 Å². The maximum Gasteiger partial charge on any atom is 0.319 e. The summed E-state index contributed by atoms with van der Waals surface area (Å²) in [6.45, 7) is -0.116. The minimum atomic E-state index is -1.29. The summed E-state index contributed by atoms with van der Waals surface area (Å²) in [4.78, 5) is 14.5. The number of nitrogens with one attached hydrogen (secondary N) is 2. The van der Waals surface area contributed by atoms with E-state index in [0.29, 0.717) is 11.1 Å². The molecule has 0 unspecified atom stereocenters. The molecular weight excluding hydrogens is 395 g/mol. The van der Waals surface area contributed by atoms with E-state index in [1.165, 1.54) is 4.90 Å². The van der Waals surface area contributed by atoms with Crippen LogP contribution in [-0.4, -0.2) is 54.5 Å². The van der Waals surface area contributed by atoms with E-state index >= 15 is 0 Å². The van der Waals surface area contributed by atoms with Crippen LogP contribution in [0.2, 0.25) is 0 Å². The highest BCUT2D eigenvalue weighted by Gasteiger charge is 2.45. The van der Waals surface area contributed by atoms with E-state index in [1.54, 1.807) is 36.4 Å². The van der Waals surface area contributed by atoms with Crippen LogP contribution in [0.15, 0.2) is 54.6 Å². The SMILES string of the molecule is O=C(N[C@@H]1CNC[C@H]1F)N1CC(c2cc(F)ccc2F)=C[C@@]1(CO)c1ccccc1. The van der Waals surface area contributed by atoms with Crippen LogP contribution in [0.4, 0.5) is 18.0 Å². The zero-order chi connectivity index (χ0) is 21.3. The lowest BCUT2D eigenvalue weighted by Gasteiger charge is -2.37. The van der Waals surface area contributed by atoms with Crippen molar-refractivity contribution in [2.75, 3.05) is 26.2 Å². The third kappa shape index (κ3) is 3.57. The Labute approximate surface area is 172 Å². The average molecular weight is 417 g/mol. The Morgan fingerprint density at radius 1 is 1.20 bits per heavy atom. The number of alkyl halides is 1. The van der Waals surface area contributed by atoms with E-state index in [4.69, 9.17) is 0 Å². The number of hydrogen-bond acceptors (Lipinski definition) is 3. The van der Waals surface area contributed by atoms with Gasteiger partial charge in [-0.25, -0.2) is 18.0 Å². The molecule has 0 aliphatic carbocycles. The van der Waals surface area contributed by atoms with Gasteiger partial charge in [-0.3, -0.25) is 0 Å².